The maximum absolute atomic E-state index is 12.5. The summed E-state index contributed by atoms with van der Waals surface area (Å²) in [4.78, 5) is 35.3. The minimum Gasteiger partial charge on any atom is -0.548 e. The van der Waals surface area contributed by atoms with Gasteiger partial charge in [0.1, 0.15) is 11.1 Å². The molecule has 1 aromatic carbocycles. The van der Waals surface area contributed by atoms with Gasteiger partial charge in [-0.15, -0.1) is 0 Å². The normalized spacial score (nSPS) is 10.4. The second-order valence-corrected chi connectivity index (χ2v) is 5.85. The van der Waals surface area contributed by atoms with Crippen LogP contribution in [0, 0.1) is 6.92 Å². The van der Waals surface area contributed by atoms with E-state index in [9.17, 15) is 24.6 Å². The van der Waals surface area contributed by atoms with E-state index in [0.29, 0.717) is 5.56 Å². The average molecular weight is 377 g/mol. The van der Waals surface area contributed by atoms with Crippen LogP contribution in [0.5, 0.6) is 5.75 Å². The average Bonchev–Trinajstić information content (AvgIpc) is 2.96. The van der Waals surface area contributed by atoms with Crippen molar-refractivity contribution in [2.45, 2.75) is 6.92 Å². The molecule has 3 aromatic rings. The van der Waals surface area contributed by atoms with Crippen LogP contribution in [0.15, 0.2) is 41.3 Å². The summed E-state index contributed by atoms with van der Waals surface area (Å²) in [7, 11) is 1.46. The molecule has 27 heavy (non-hydrogen) atoms. The molecule has 0 atom stereocenters. The number of hydrogen-bond donors (Lipinski definition) is 2. The molecule has 2 heterocycles. The number of carboxylic acid groups (broad SMARTS) is 1. The number of carbonyl (C=O) groups is 2. The second-order valence-electron chi connectivity index (χ2n) is 5.85. The van der Waals surface area contributed by atoms with Crippen molar-refractivity contribution in [1.29, 1.82) is 0 Å². The predicted octanol–water partition coefficient (Wildman–Crippen LogP) is -3.20. The Morgan fingerprint density at radius 2 is 1.85 bits per heavy atom. The maximum atomic E-state index is 12.5. The zero-order valence-corrected chi connectivity index (χ0v) is 17.1. The third-order valence-corrected chi connectivity index (χ3v) is 4.15. The number of aryl methyl sites for hydroxylation is 2. The van der Waals surface area contributed by atoms with Crippen LogP contribution in [-0.2, 0) is 11.8 Å². The first kappa shape index (κ1) is 20.8. The van der Waals surface area contributed by atoms with Gasteiger partial charge in [0.05, 0.1) is 12.5 Å². The molecule has 0 saturated carbocycles. The summed E-state index contributed by atoms with van der Waals surface area (Å²) in [6.45, 7) is 1.06. The summed E-state index contributed by atoms with van der Waals surface area (Å²) < 4.78 is 2.65. The molecule has 134 valence electrons. The molecule has 8 nitrogen and oxygen atoms in total. The molecule has 0 unspecified atom stereocenters. The van der Waals surface area contributed by atoms with E-state index in [2.05, 4.69) is 5.32 Å². The zero-order chi connectivity index (χ0) is 19.0. The Labute approximate surface area is 176 Å². The molecule has 0 radical (unpaired) electrons. The first-order valence-electron chi connectivity index (χ1n) is 7.80. The van der Waals surface area contributed by atoms with Gasteiger partial charge in [0, 0.05) is 18.8 Å². The third kappa shape index (κ3) is 3.64. The number of benzene rings is 1. The van der Waals surface area contributed by atoms with Crippen LogP contribution < -0.4 is 45.5 Å². The Hall–Kier alpha value is -2.55. The molecule has 0 bridgehead atoms. The van der Waals surface area contributed by atoms with Gasteiger partial charge in [-0.05, 0) is 18.1 Å². The van der Waals surface area contributed by atoms with Crippen LogP contribution in [0.25, 0.3) is 16.6 Å². The quantitative estimate of drug-likeness (QED) is 0.465. The number of rotatable bonds is 4. The number of aliphatic carboxylic acids is 1. The summed E-state index contributed by atoms with van der Waals surface area (Å²) in [6.07, 6.45) is 1.68. The number of carboxylic acids is 1. The van der Waals surface area contributed by atoms with Crippen LogP contribution >= 0.6 is 0 Å². The van der Waals surface area contributed by atoms with Crippen molar-refractivity contribution in [3.8, 4) is 16.9 Å². The van der Waals surface area contributed by atoms with Gasteiger partial charge in [0.25, 0.3) is 11.5 Å². The fourth-order valence-electron chi connectivity index (χ4n) is 2.97. The number of aromatic nitrogens is 2. The molecule has 3 rings (SSSR count). The Balaban J connectivity index is 0.00000261. The maximum Gasteiger partial charge on any atom is 1.00 e. The zero-order valence-electron chi connectivity index (χ0n) is 15.1. The molecule has 0 aliphatic heterocycles. The Morgan fingerprint density at radius 1 is 1.22 bits per heavy atom. The Bertz CT molecular complexity index is 1090. The van der Waals surface area contributed by atoms with Gasteiger partial charge in [-0.1, -0.05) is 30.3 Å². The number of amides is 1. The van der Waals surface area contributed by atoms with Gasteiger partial charge in [0.15, 0.2) is 5.75 Å². The minimum absolute atomic E-state index is 0. The molecule has 0 spiro atoms. The number of aromatic hydroxyl groups is 1. The van der Waals surface area contributed by atoms with Gasteiger partial charge in [0.2, 0.25) is 0 Å². The summed E-state index contributed by atoms with van der Waals surface area (Å²) in [5.41, 5.74) is 1.30. The van der Waals surface area contributed by atoms with Gasteiger partial charge >= 0.3 is 29.6 Å². The van der Waals surface area contributed by atoms with Crippen LogP contribution in [0.2, 0.25) is 0 Å². The first-order chi connectivity index (χ1) is 12.3. The van der Waals surface area contributed by atoms with E-state index in [1.54, 1.807) is 6.20 Å². The molecule has 1 amide bonds. The molecule has 0 aliphatic carbocycles. The van der Waals surface area contributed by atoms with E-state index in [-0.39, 0.29) is 35.1 Å². The smallest absolute Gasteiger partial charge is 0.548 e. The second kappa shape index (κ2) is 7.99. The molecule has 2 N–H and O–H groups in total. The van der Waals surface area contributed by atoms with Crippen LogP contribution in [0.3, 0.4) is 0 Å². The summed E-state index contributed by atoms with van der Waals surface area (Å²) in [5, 5.41) is 23.3. The van der Waals surface area contributed by atoms with Crippen molar-refractivity contribution in [2.24, 2.45) is 7.05 Å². The molecule has 0 saturated heterocycles. The predicted molar refractivity (Wildman–Crippen MR) is 91.8 cm³/mol. The topological polar surface area (TPSA) is 116 Å². The van der Waals surface area contributed by atoms with Gasteiger partial charge in [-0.3, -0.25) is 14.1 Å². The van der Waals surface area contributed by atoms with E-state index in [1.807, 2.05) is 37.3 Å². The fourth-order valence-corrected chi connectivity index (χ4v) is 2.97. The van der Waals surface area contributed by atoms with Crippen molar-refractivity contribution in [1.82, 2.24) is 14.5 Å². The molecule has 9 heteroatoms. The SMILES string of the molecule is Cc1cn2c(c(O)c(C(=O)NCC(=O)[O-])c(=O)n2C)c1-c1ccccc1.[Na+]. The van der Waals surface area contributed by atoms with Crippen molar-refractivity contribution in [2.75, 3.05) is 6.54 Å². The summed E-state index contributed by atoms with van der Waals surface area (Å²) in [5.74, 6) is -2.98. The van der Waals surface area contributed by atoms with Gasteiger partial charge in [-0.25, -0.2) is 4.68 Å². The van der Waals surface area contributed by atoms with E-state index in [1.165, 1.54) is 16.2 Å². The minimum atomic E-state index is -1.50. The first-order valence-corrected chi connectivity index (χ1v) is 7.80. The van der Waals surface area contributed by atoms with E-state index < -0.39 is 35.3 Å². The number of hydrogen-bond acceptors (Lipinski definition) is 5. The number of fused-ring (bicyclic) bond motifs is 1. The van der Waals surface area contributed by atoms with Gasteiger partial charge in [-0.2, -0.15) is 0 Å². The van der Waals surface area contributed by atoms with Crippen molar-refractivity contribution in [3.05, 3.63) is 58.0 Å². The Kier molecular flexibility index (Phi) is 6.15. The molecule has 0 fully saturated rings. The Morgan fingerprint density at radius 3 is 2.44 bits per heavy atom. The van der Waals surface area contributed by atoms with E-state index >= 15 is 0 Å². The van der Waals surface area contributed by atoms with E-state index in [4.69, 9.17) is 0 Å². The van der Waals surface area contributed by atoms with Crippen molar-refractivity contribution >= 4 is 17.4 Å². The van der Waals surface area contributed by atoms with Crippen molar-refractivity contribution < 1.29 is 49.4 Å². The third-order valence-electron chi connectivity index (χ3n) is 4.15. The standard InChI is InChI=1S/C18H17N3O5.Na/c1-10-9-21-15(13(10)11-6-4-3-5-7-11)16(24)14(18(26)20(21)2)17(25)19-8-12(22)23;/h3-7,9,24H,8H2,1-2H3,(H,19,25)(H,22,23);/q;+1/p-1. The molecular weight excluding hydrogens is 361 g/mol. The number of nitrogens with zero attached hydrogens (tertiary/aromatic N) is 2. The number of nitrogens with one attached hydrogen (secondary N) is 1. The monoisotopic (exact) mass is 377 g/mol. The van der Waals surface area contributed by atoms with E-state index in [0.717, 1.165) is 11.1 Å². The van der Waals surface area contributed by atoms with Crippen LogP contribution in [-0.4, -0.2) is 32.7 Å². The number of carbonyl (C=O) groups excluding carboxylic acids is 2. The van der Waals surface area contributed by atoms with Crippen molar-refractivity contribution in [3.63, 3.8) is 0 Å². The van der Waals surface area contributed by atoms with Crippen LogP contribution in [0.1, 0.15) is 15.9 Å². The summed E-state index contributed by atoms with van der Waals surface area (Å²) in [6, 6.07) is 9.23. The fraction of sp³-hybridized carbons (Fsp3) is 0.167. The summed E-state index contributed by atoms with van der Waals surface area (Å²) >= 11 is 0. The van der Waals surface area contributed by atoms with Crippen LogP contribution in [0.4, 0.5) is 0 Å². The molecule has 2 aromatic heterocycles. The molecule has 0 aliphatic rings. The largest absolute Gasteiger partial charge is 1.00 e. The van der Waals surface area contributed by atoms with Gasteiger partial charge < -0.3 is 20.3 Å². The molecular formula is C18H16N3NaO5.